The number of rotatable bonds is 6. The van der Waals surface area contributed by atoms with Crippen molar-refractivity contribution in [2.45, 2.75) is 25.9 Å². The van der Waals surface area contributed by atoms with E-state index in [9.17, 15) is 4.79 Å². The maximum absolute atomic E-state index is 12.3. The molecule has 1 aliphatic heterocycles. The highest BCUT2D eigenvalue weighted by Crippen LogP contribution is 2.30. The predicted molar refractivity (Wildman–Crippen MR) is 129 cm³/mol. The summed E-state index contributed by atoms with van der Waals surface area (Å²) in [4.78, 5) is 20.8. The highest BCUT2D eigenvalue weighted by atomic mass is 16.5. The Balaban J connectivity index is 1.32. The van der Waals surface area contributed by atoms with E-state index < -0.39 is 0 Å². The lowest BCUT2D eigenvalue weighted by Crippen LogP contribution is -2.47. The molecule has 2 heterocycles. The predicted octanol–water partition coefficient (Wildman–Crippen LogP) is 4.32. The van der Waals surface area contributed by atoms with Crippen molar-refractivity contribution < 1.29 is 9.53 Å². The maximum Gasteiger partial charge on any atom is 0.317 e. The van der Waals surface area contributed by atoms with Crippen molar-refractivity contribution in [2.75, 3.05) is 40.3 Å². The first-order valence-electron chi connectivity index (χ1n) is 11.3. The summed E-state index contributed by atoms with van der Waals surface area (Å²) in [7, 11) is 4.00. The molecule has 0 radical (unpaired) electrons. The van der Waals surface area contributed by atoms with Gasteiger partial charge in [0.1, 0.15) is 11.9 Å². The Morgan fingerprint density at radius 2 is 1.88 bits per heavy atom. The first-order chi connectivity index (χ1) is 15.5. The third kappa shape index (κ3) is 5.19. The number of nitrogens with zero attached hydrogens (tertiary/aromatic N) is 3. The SMILES string of the molecule is Cc1c(-c2ccc(OC3CCN(C(=O)NCCN(C)C)CC3)cc2)ccc2cccnc12. The van der Waals surface area contributed by atoms with E-state index in [0.717, 1.165) is 54.7 Å². The number of nitrogens with one attached hydrogen (secondary N) is 1. The molecule has 2 amide bonds. The second-order valence-electron chi connectivity index (χ2n) is 8.68. The van der Waals surface area contributed by atoms with Crippen molar-refractivity contribution in [2.24, 2.45) is 0 Å². The zero-order chi connectivity index (χ0) is 22.5. The molecule has 1 fully saturated rings. The largest absolute Gasteiger partial charge is 0.490 e. The van der Waals surface area contributed by atoms with Gasteiger partial charge in [-0.25, -0.2) is 4.79 Å². The van der Waals surface area contributed by atoms with Gasteiger partial charge in [0.15, 0.2) is 0 Å². The number of urea groups is 1. The average molecular weight is 433 g/mol. The minimum absolute atomic E-state index is 0.0231. The number of carbonyl (C=O) groups is 1. The van der Waals surface area contributed by atoms with Gasteiger partial charge in [-0.15, -0.1) is 0 Å². The van der Waals surface area contributed by atoms with E-state index in [1.807, 2.05) is 43.4 Å². The van der Waals surface area contributed by atoms with Crippen LogP contribution in [0, 0.1) is 6.92 Å². The van der Waals surface area contributed by atoms with Crippen molar-refractivity contribution in [3.8, 4) is 16.9 Å². The average Bonchev–Trinajstić information content (AvgIpc) is 2.80. The number of aromatic nitrogens is 1. The second kappa shape index (κ2) is 10.0. The number of amides is 2. The van der Waals surface area contributed by atoms with Crippen molar-refractivity contribution >= 4 is 16.9 Å². The smallest absolute Gasteiger partial charge is 0.317 e. The van der Waals surface area contributed by atoms with Crippen LogP contribution in [0.1, 0.15) is 18.4 Å². The Hall–Kier alpha value is -3.12. The van der Waals surface area contributed by atoms with E-state index in [1.54, 1.807) is 0 Å². The molecule has 0 aliphatic carbocycles. The van der Waals surface area contributed by atoms with Crippen LogP contribution >= 0.6 is 0 Å². The molecule has 32 heavy (non-hydrogen) atoms. The van der Waals surface area contributed by atoms with E-state index in [1.165, 1.54) is 11.1 Å². The first kappa shape index (κ1) is 22.1. The third-order valence-electron chi connectivity index (χ3n) is 6.06. The first-order valence-corrected chi connectivity index (χ1v) is 11.3. The summed E-state index contributed by atoms with van der Waals surface area (Å²) >= 11 is 0. The van der Waals surface area contributed by atoms with Crippen LogP contribution < -0.4 is 10.1 Å². The van der Waals surface area contributed by atoms with Gasteiger partial charge in [-0.1, -0.05) is 30.3 Å². The Morgan fingerprint density at radius 1 is 1.12 bits per heavy atom. The lowest BCUT2D eigenvalue weighted by Gasteiger charge is -2.32. The number of hydrogen-bond acceptors (Lipinski definition) is 4. The number of ether oxygens (including phenoxy) is 1. The van der Waals surface area contributed by atoms with Crippen LogP contribution in [0.2, 0.25) is 0 Å². The van der Waals surface area contributed by atoms with E-state index in [0.29, 0.717) is 6.54 Å². The lowest BCUT2D eigenvalue weighted by molar-refractivity contribution is 0.111. The quantitative estimate of drug-likeness (QED) is 0.630. The Kier molecular flexibility index (Phi) is 6.90. The zero-order valence-electron chi connectivity index (χ0n) is 19.2. The van der Waals surface area contributed by atoms with Gasteiger partial charge in [-0.05, 0) is 55.9 Å². The van der Waals surface area contributed by atoms with Gasteiger partial charge in [0, 0.05) is 50.6 Å². The van der Waals surface area contributed by atoms with E-state index in [2.05, 4.69) is 52.5 Å². The fraction of sp³-hybridized carbons (Fsp3) is 0.385. The molecule has 1 aromatic heterocycles. The van der Waals surface area contributed by atoms with Gasteiger partial charge < -0.3 is 19.9 Å². The molecular formula is C26H32N4O2. The summed E-state index contributed by atoms with van der Waals surface area (Å²) in [5, 5.41) is 4.14. The fourth-order valence-electron chi connectivity index (χ4n) is 4.18. The number of pyridine rings is 1. The molecule has 1 aliphatic rings. The molecule has 6 heteroatoms. The molecule has 0 bridgehead atoms. The summed E-state index contributed by atoms with van der Waals surface area (Å²) < 4.78 is 6.21. The fourth-order valence-corrected chi connectivity index (χ4v) is 4.18. The van der Waals surface area contributed by atoms with Crippen LogP contribution in [0.25, 0.3) is 22.0 Å². The van der Waals surface area contributed by atoms with E-state index in [-0.39, 0.29) is 12.1 Å². The Morgan fingerprint density at radius 3 is 2.59 bits per heavy atom. The van der Waals surface area contributed by atoms with Gasteiger partial charge in [-0.2, -0.15) is 0 Å². The minimum atomic E-state index is 0.0231. The Bertz CT molecular complexity index is 1060. The Labute approximate surface area is 190 Å². The van der Waals surface area contributed by atoms with Crippen LogP contribution in [0.4, 0.5) is 4.79 Å². The van der Waals surface area contributed by atoms with Gasteiger partial charge in [-0.3, -0.25) is 4.98 Å². The molecule has 0 saturated carbocycles. The van der Waals surface area contributed by atoms with Crippen LogP contribution in [0.15, 0.2) is 54.7 Å². The molecule has 4 rings (SSSR count). The van der Waals surface area contributed by atoms with Crippen LogP contribution in [-0.4, -0.2) is 67.2 Å². The monoisotopic (exact) mass is 432 g/mol. The molecule has 1 N–H and O–H groups in total. The van der Waals surface area contributed by atoms with Crippen LogP contribution in [0.5, 0.6) is 5.75 Å². The summed E-state index contributed by atoms with van der Waals surface area (Å²) in [6.45, 7) is 5.08. The number of likely N-dealkylation sites (N-methyl/N-ethyl adjacent to an activating group) is 1. The molecule has 3 aromatic rings. The molecule has 0 atom stereocenters. The van der Waals surface area contributed by atoms with Crippen molar-refractivity contribution in [1.82, 2.24) is 20.1 Å². The van der Waals surface area contributed by atoms with Crippen molar-refractivity contribution in [1.29, 1.82) is 0 Å². The van der Waals surface area contributed by atoms with Crippen molar-refractivity contribution in [3.05, 3.63) is 60.3 Å². The number of carbonyl (C=O) groups excluding carboxylic acids is 1. The minimum Gasteiger partial charge on any atom is -0.490 e. The third-order valence-corrected chi connectivity index (χ3v) is 6.06. The molecule has 2 aromatic carbocycles. The molecule has 0 spiro atoms. The van der Waals surface area contributed by atoms with Crippen LogP contribution in [0.3, 0.4) is 0 Å². The topological polar surface area (TPSA) is 57.7 Å². The summed E-state index contributed by atoms with van der Waals surface area (Å²) in [6.07, 6.45) is 3.67. The highest BCUT2D eigenvalue weighted by Gasteiger charge is 2.23. The van der Waals surface area contributed by atoms with Crippen molar-refractivity contribution in [3.63, 3.8) is 0 Å². The lowest BCUT2D eigenvalue weighted by atomic mass is 9.98. The normalized spacial score (nSPS) is 14.7. The number of fused-ring (bicyclic) bond motifs is 1. The van der Waals surface area contributed by atoms with E-state index in [4.69, 9.17) is 4.74 Å². The standard InChI is InChI=1S/C26H32N4O2/c1-19-24(11-8-21-5-4-14-27-25(19)21)20-6-9-22(10-7-20)32-23-12-16-30(17-13-23)26(31)28-15-18-29(2)3/h4-11,14,23H,12-13,15-18H2,1-3H3,(H,28,31). The number of likely N-dealkylation sites (tertiary alicyclic amines) is 1. The van der Waals surface area contributed by atoms with Crippen LogP contribution in [-0.2, 0) is 0 Å². The van der Waals surface area contributed by atoms with E-state index >= 15 is 0 Å². The molecule has 6 nitrogen and oxygen atoms in total. The summed E-state index contributed by atoms with van der Waals surface area (Å²) in [5.74, 6) is 0.874. The molecule has 1 saturated heterocycles. The zero-order valence-corrected chi connectivity index (χ0v) is 19.2. The maximum atomic E-state index is 12.3. The van der Waals surface area contributed by atoms with Gasteiger partial charge in [0.05, 0.1) is 5.52 Å². The molecular weight excluding hydrogens is 400 g/mol. The molecule has 0 unspecified atom stereocenters. The second-order valence-corrected chi connectivity index (χ2v) is 8.68. The number of aryl methyl sites for hydroxylation is 1. The van der Waals surface area contributed by atoms with Gasteiger partial charge in [0.25, 0.3) is 0 Å². The van der Waals surface area contributed by atoms with Gasteiger partial charge >= 0.3 is 6.03 Å². The van der Waals surface area contributed by atoms with Gasteiger partial charge in [0.2, 0.25) is 0 Å². The molecule has 168 valence electrons. The number of hydrogen-bond donors (Lipinski definition) is 1. The highest BCUT2D eigenvalue weighted by molar-refractivity contribution is 5.88. The number of piperidine rings is 1. The summed E-state index contributed by atoms with van der Waals surface area (Å²) in [6, 6.07) is 16.7. The number of benzene rings is 2. The summed E-state index contributed by atoms with van der Waals surface area (Å²) in [5.41, 5.74) is 4.58.